The zero-order valence-electron chi connectivity index (χ0n) is 10.2. The number of nitro groups is 1. The third-order valence-electron chi connectivity index (χ3n) is 2.96. The van der Waals surface area contributed by atoms with Crippen molar-refractivity contribution in [3.05, 3.63) is 63.6 Å². The van der Waals surface area contributed by atoms with Crippen molar-refractivity contribution >= 4 is 28.2 Å². The molecule has 0 atom stereocenters. The molecule has 3 rings (SSSR count). The molecule has 100 valence electrons. The number of rotatable bonds is 3. The van der Waals surface area contributed by atoms with Crippen molar-refractivity contribution in [1.82, 2.24) is 14.8 Å². The Hall–Kier alpha value is -2.47. The van der Waals surface area contributed by atoms with Gasteiger partial charge in [-0.05, 0) is 17.7 Å². The molecule has 1 aromatic carbocycles. The van der Waals surface area contributed by atoms with Gasteiger partial charge in [0.25, 0.3) is 5.69 Å². The summed E-state index contributed by atoms with van der Waals surface area (Å²) in [7, 11) is 0. The Balaban J connectivity index is 1.96. The Bertz CT molecular complexity index is 783. The monoisotopic (exact) mass is 288 g/mol. The summed E-state index contributed by atoms with van der Waals surface area (Å²) < 4.78 is 1.77. The van der Waals surface area contributed by atoms with Gasteiger partial charge in [-0.3, -0.25) is 14.8 Å². The third kappa shape index (κ3) is 2.33. The van der Waals surface area contributed by atoms with E-state index in [1.165, 1.54) is 12.1 Å². The minimum absolute atomic E-state index is 0.0604. The number of fused-ring (bicyclic) bond motifs is 1. The predicted octanol–water partition coefficient (Wildman–Crippen LogP) is 3.04. The fraction of sp³-hybridized carbons (Fsp3) is 0.0769. The zero-order valence-corrected chi connectivity index (χ0v) is 11.0. The molecule has 0 unspecified atom stereocenters. The summed E-state index contributed by atoms with van der Waals surface area (Å²) in [5.41, 5.74) is 1.86. The topological polar surface area (TPSA) is 73.8 Å². The minimum atomic E-state index is -0.417. The number of hydrogen-bond donors (Lipinski definition) is 0. The number of nitrogens with zero attached hydrogens (tertiary/aromatic N) is 4. The van der Waals surface area contributed by atoms with Crippen LogP contribution in [0.2, 0.25) is 5.15 Å². The van der Waals surface area contributed by atoms with Crippen molar-refractivity contribution in [2.24, 2.45) is 0 Å². The van der Waals surface area contributed by atoms with E-state index >= 15 is 0 Å². The number of non-ortho nitro benzene ring substituents is 1. The number of benzene rings is 1. The van der Waals surface area contributed by atoms with Crippen LogP contribution in [0.25, 0.3) is 10.9 Å². The molecule has 0 N–H and O–H groups in total. The summed E-state index contributed by atoms with van der Waals surface area (Å²) in [4.78, 5) is 14.3. The average molecular weight is 289 g/mol. The molecule has 3 aromatic rings. The van der Waals surface area contributed by atoms with E-state index in [1.807, 2.05) is 6.07 Å². The van der Waals surface area contributed by atoms with Crippen molar-refractivity contribution in [2.75, 3.05) is 0 Å². The molecular formula is C13H9ClN4O2. The molecular weight excluding hydrogens is 280 g/mol. The maximum Gasteiger partial charge on any atom is 0.270 e. The zero-order chi connectivity index (χ0) is 14.1. The second kappa shape index (κ2) is 4.90. The van der Waals surface area contributed by atoms with Crippen LogP contribution in [0.5, 0.6) is 0 Å². The van der Waals surface area contributed by atoms with Crippen molar-refractivity contribution < 1.29 is 4.92 Å². The molecule has 0 radical (unpaired) electrons. The largest absolute Gasteiger partial charge is 0.270 e. The van der Waals surface area contributed by atoms with Gasteiger partial charge in [0, 0.05) is 23.7 Å². The molecule has 2 aromatic heterocycles. The molecule has 0 bridgehead atoms. The van der Waals surface area contributed by atoms with E-state index in [9.17, 15) is 10.1 Å². The highest BCUT2D eigenvalue weighted by Crippen LogP contribution is 2.21. The van der Waals surface area contributed by atoms with Crippen LogP contribution in [0.1, 0.15) is 5.56 Å². The van der Waals surface area contributed by atoms with Crippen molar-refractivity contribution in [3.63, 3.8) is 0 Å². The summed E-state index contributed by atoms with van der Waals surface area (Å²) in [6.45, 7) is 0.533. The first-order chi connectivity index (χ1) is 9.63. The minimum Gasteiger partial charge on any atom is -0.260 e. The van der Waals surface area contributed by atoms with Gasteiger partial charge in [-0.15, -0.1) is 0 Å². The van der Waals surface area contributed by atoms with E-state index in [-0.39, 0.29) is 5.69 Å². The number of pyridine rings is 1. The van der Waals surface area contributed by atoms with Gasteiger partial charge >= 0.3 is 0 Å². The van der Waals surface area contributed by atoms with Gasteiger partial charge in [0.05, 0.1) is 23.2 Å². The van der Waals surface area contributed by atoms with E-state index in [2.05, 4.69) is 10.1 Å². The lowest BCUT2D eigenvalue weighted by atomic mass is 10.2. The number of halogens is 1. The first-order valence-electron chi connectivity index (χ1n) is 5.84. The van der Waals surface area contributed by atoms with Crippen LogP contribution in [0.4, 0.5) is 5.69 Å². The lowest BCUT2D eigenvalue weighted by Gasteiger charge is -2.03. The van der Waals surface area contributed by atoms with Crippen LogP contribution in [0.3, 0.4) is 0 Å². The Morgan fingerprint density at radius 3 is 2.80 bits per heavy atom. The van der Waals surface area contributed by atoms with Gasteiger partial charge in [-0.25, -0.2) is 4.98 Å². The standard InChI is InChI=1S/C13H9ClN4O2/c14-13-4-1-9(6-15-13)8-17-12-3-2-11(18(19)20)5-10(12)7-16-17/h1-7H,8H2. The van der Waals surface area contributed by atoms with Crippen LogP contribution in [0, 0.1) is 10.1 Å². The van der Waals surface area contributed by atoms with Crippen LogP contribution in [-0.2, 0) is 6.54 Å². The van der Waals surface area contributed by atoms with Crippen LogP contribution in [-0.4, -0.2) is 19.7 Å². The van der Waals surface area contributed by atoms with Crippen molar-refractivity contribution in [1.29, 1.82) is 0 Å². The lowest BCUT2D eigenvalue weighted by molar-refractivity contribution is -0.384. The number of hydrogen-bond acceptors (Lipinski definition) is 4. The van der Waals surface area contributed by atoms with Gasteiger partial charge < -0.3 is 0 Å². The quantitative estimate of drug-likeness (QED) is 0.422. The second-order valence-corrected chi connectivity index (χ2v) is 4.68. The van der Waals surface area contributed by atoms with Crippen LogP contribution < -0.4 is 0 Å². The normalized spacial score (nSPS) is 10.8. The molecule has 0 aliphatic heterocycles. The molecule has 2 heterocycles. The predicted molar refractivity (Wildman–Crippen MR) is 74.7 cm³/mol. The number of aromatic nitrogens is 3. The fourth-order valence-corrected chi connectivity index (χ4v) is 2.10. The van der Waals surface area contributed by atoms with E-state index in [1.54, 1.807) is 29.2 Å². The number of nitro benzene ring substituents is 1. The average Bonchev–Trinajstić information content (AvgIpc) is 2.84. The van der Waals surface area contributed by atoms with Crippen LogP contribution >= 0.6 is 11.6 Å². The lowest BCUT2D eigenvalue weighted by Crippen LogP contribution is -2.01. The molecule has 7 heteroatoms. The van der Waals surface area contributed by atoms with Gasteiger partial charge in [-0.2, -0.15) is 5.10 Å². The Kier molecular flexibility index (Phi) is 3.08. The van der Waals surface area contributed by atoms with Crippen molar-refractivity contribution in [2.45, 2.75) is 6.54 Å². The smallest absolute Gasteiger partial charge is 0.260 e. The van der Waals surface area contributed by atoms with Gasteiger partial charge in [0.15, 0.2) is 0 Å². The van der Waals surface area contributed by atoms with Crippen LogP contribution in [0.15, 0.2) is 42.7 Å². The van der Waals surface area contributed by atoms with E-state index in [0.717, 1.165) is 16.5 Å². The highest BCUT2D eigenvalue weighted by molar-refractivity contribution is 6.29. The highest BCUT2D eigenvalue weighted by atomic mass is 35.5. The Labute approximate surface area is 118 Å². The van der Waals surface area contributed by atoms with Crippen molar-refractivity contribution in [3.8, 4) is 0 Å². The highest BCUT2D eigenvalue weighted by Gasteiger charge is 2.10. The summed E-state index contributed by atoms with van der Waals surface area (Å²) in [6, 6.07) is 8.27. The summed E-state index contributed by atoms with van der Waals surface area (Å²) >= 11 is 5.74. The van der Waals surface area contributed by atoms with E-state index in [4.69, 9.17) is 11.6 Å². The molecule has 0 amide bonds. The summed E-state index contributed by atoms with van der Waals surface area (Å²) in [5, 5.41) is 16.2. The molecule has 0 fully saturated rings. The Morgan fingerprint density at radius 1 is 1.25 bits per heavy atom. The molecule has 20 heavy (non-hydrogen) atoms. The molecule has 0 aliphatic carbocycles. The maximum atomic E-state index is 10.7. The summed E-state index contributed by atoms with van der Waals surface area (Å²) in [6.07, 6.45) is 3.30. The first kappa shape index (κ1) is 12.6. The second-order valence-electron chi connectivity index (χ2n) is 4.29. The van der Waals surface area contributed by atoms with Gasteiger partial charge in [0.2, 0.25) is 0 Å². The molecule has 0 saturated heterocycles. The van der Waals surface area contributed by atoms with E-state index in [0.29, 0.717) is 11.7 Å². The van der Waals surface area contributed by atoms with E-state index < -0.39 is 4.92 Å². The van der Waals surface area contributed by atoms with Gasteiger partial charge in [-0.1, -0.05) is 17.7 Å². The first-order valence-corrected chi connectivity index (χ1v) is 6.22. The SMILES string of the molecule is O=[N+]([O-])c1ccc2c(cnn2Cc2ccc(Cl)nc2)c1. The fourth-order valence-electron chi connectivity index (χ4n) is 1.99. The van der Waals surface area contributed by atoms with Gasteiger partial charge in [0.1, 0.15) is 5.15 Å². The maximum absolute atomic E-state index is 10.7. The summed E-state index contributed by atoms with van der Waals surface area (Å²) in [5.74, 6) is 0. The third-order valence-corrected chi connectivity index (χ3v) is 3.18. The molecule has 0 saturated carbocycles. The molecule has 6 nitrogen and oxygen atoms in total. The molecule has 0 aliphatic rings. The molecule has 0 spiro atoms. The Morgan fingerprint density at radius 2 is 2.10 bits per heavy atom.